The number of benzene rings is 1. The number of hydrogen-bond donors (Lipinski definition) is 0. The zero-order chi connectivity index (χ0) is 13.8. The van der Waals surface area contributed by atoms with E-state index >= 15 is 0 Å². The highest BCUT2D eigenvalue weighted by Gasteiger charge is 2.12. The highest BCUT2D eigenvalue weighted by molar-refractivity contribution is 5.75. The fraction of sp³-hybridized carbons (Fsp3) is 0.588. The van der Waals surface area contributed by atoms with Gasteiger partial charge in [0.1, 0.15) is 5.82 Å². The van der Waals surface area contributed by atoms with E-state index < -0.39 is 0 Å². The van der Waals surface area contributed by atoms with E-state index in [9.17, 15) is 0 Å². The van der Waals surface area contributed by atoms with Gasteiger partial charge < -0.3 is 9.47 Å². The van der Waals surface area contributed by atoms with Crippen molar-refractivity contribution in [1.29, 1.82) is 0 Å². The van der Waals surface area contributed by atoms with Crippen molar-refractivity contribution in [1.82, 2.24) is 14.5 Å². The number of hydrogen-bond acceptors (Lipinski definition) is 2. The maximum Gasteiger partial charge on any atom is 0.109 e. The van der Waals surface area contributed by atoms with E-state index in [0.29, 0.717) is 0 Å². The average molecular weight is 271 g/mol. The summed E-state index contributed by atoms with van der Waals surface area (Å²) in [5.41, 5.74) is 2.42. The number of piperidine rings is 1. The average Bonchev–Trinajstić information content (AvgIpc) is 2.86. The summed E-state index contributed by atoms with van der Waals surface area (Å²) in [6.45, 7) is 7.04. The standard InChI is InChI=1S/C17H25N3/c1-2-20-16-10-5-4-9-15(16)18-17(20)11-8-14-19-12-6-3-7-13-19/h4-5,9-10H,2-3,6-8,11-14H2,1H3. The molecule has 3 rings (SSSR count). The molecule has 0 amide bonds. The summed E-state index contributed by atoms with van der Waals surface area (Å²) < 4.78 is 2.37. The monoisotopic (exact) mass is 271 g/mol. The van der Waals surface area contributed by atoms with E-state index in [-0.39, 0.29) is 0 Å². The fourth-order valence-electron chi connectivity index (χ4n) is 3.31. The lowest BCUT2D eigenvalue weighted by atomic mass is 10.1. The molecular weight excluding hydrogens is 246 g/mol. The largest absolute Gasteiger partial charge is 0.328 e. The summed E-state index contributed by atoms with van der Waals surface area (Å²) in [6.07, 6.45) is 6.51. The molecule has 2 heterocycles. The number of likely N-dealkylation sites (tertiary alicyclic amines) is 1. The second kappa shape index (κ2) is 6.40. The van der Waals surface area contributed by atoms with Crippen LogP contribution in [0.15, 0.2) is 24.3 Å². The molecule has 3 heteroatoms. The lowest BCUT2D eigenvalue weighted by molar-refractivity contribution is 0.226. The molecule has 0 bridgehead atoms. The lowest BCUT2D eigenvalue weighted by Gasteiger charge is -2.26. The zero-order valence-corrected chi connectivity index (χ0v) is 12.5. The molecular formula is C17H25N3. The maximum absolute atomic E-state index is 4.81. The predicted molar refractivity (Wildman–Crippen MR) is 84.0 cm³/mol. The topological polar surface area (TPSA) is 21.1 Å². The van der Waals surface area contributed by atoms with Gasteiger partial charge >= 0.3 is 0 Å². The number of aromatic nitrogens is 2. The summed E-state index contributed by atoms with van der Waals surface area (Å²) in [6, 6.07) is 8.48. The number of rotatable bonds is 5. The van der Waals surface area contributed by atoms with E-state index in [4.69, 9.17) is 4.98 Å². The first-order chi connectivity index (χ1) is 9.88. The summed E-state index contributed by atoms with van der Waals surface area (Å²) in [4.78, 5) is 7.42. The number of para-hydroxylation sites is 2. The fourth-order valence-corrected chi connectivity index (χ4v) is 3.31. The van der Waals surface area contributed by atoms with Gasteiger partial charge in [0.15, 0.2) is 0 Å². The zero-order valence-electron chi connectivity index (χ0n) is 12.5. The van der Waals surface area contributed by atoms with Gasteiger partial charge in [-0.05, 0) is 58.0 Å². The Morgan fingerprint density at radius 1 is 1.10 bits per heavy atom. The third kappa shape index (κ3) is 2.88. The van der Waals surface area contributed by atoms with E-state index in [1.54, 1.807) is 0 Å². The number of imidazole rings is 1. The molecule has 0 aliphatic carbocycles. The smallest absolute Gasteiger partial charge is 0.109 e. The van der Waals surface area contributed by atoms with Crippen molar-refractivity contribution in [2.75, 3.05) is 19.6 Å². The molecule has 1 aromatic heterocycles. The third-order valence-corrected chi connectivity index (χ3v) is 4.37. The first-order valence-corrected chi connectivity index (χ1v) is 8.05. The Labute approximate surface area is 121 Å². The number of fused-ring (bicyclic) bond motifs is 1. The van der Waals surface area contributed by atoms with Crippen LogP contribution in [0, 0.1) is 0 Å². The molecule has 1 fully saturated rings. The Morgan fingerprint density at radius 2 is 1.90 bits per heavy atom. The van der Waals surface area contributed by atoms with Gasteiger partial charge in [-0.2, -0.15) is 0 Å². The molecule has 1 aliphatic rings. The van der Waals surface area contributed by atoms with Crippen LogP contribution in [-0.4, -0.2) is 34.1 Å². The van der Waals surface area contributed by atoms with Crippen molar-refractivity contribution >= 4 is 11.0 Å². The van der Waals surface area contributed by atoms with E-state index in [0.717, 1.165) is 18.5 Å². The number of aryl methyl sites for hydroxylation is 2. The summed E-state index contributed by atoms with van der Waals surface area (Å²) >= 11 is 0. The first kappa shape index (κ1) is 13.6. The molecule has 0 radical (unpaired) electrons. The molecule has 0 atom stereocenters. The van der Waals surface area contributed by atoms with Crippen molar-refractivity contribution in [2.45, 2.75) is 45.6 Å². The molecule has 1 aliphatic heterocycles. The van der Waals surface area contributed by atoms with Gasteiger partial charge in [0, 0.05) is 13.0 Å². The third-order valence-electron chi connectivity index (χ3n) is 4.37. The van der Waals surface area contributed by atoms with E-state index in [1.165, 1.54) is 56.7 Å². The van der Waals surface area contributed by atoms with Crippen molar-refractivity contribution < 1.29 is 0 Å². The van der Waals surface area contributed by atoms with E-state index in [2.05, 4.69) is 40.7 Å². The van der Waals surface area contributed by atoms with Crippen LogP contribution < -0.4 is 0 Å². The Kier molecular flexibility index (Phi) is 4.36. The molecule has 0 spiro atoms. The normalized spacial score (nSPS) is 16.9. The maximum atomic E-state index is 4.81. The van der Waals surface area contributed by atoms with Crippen molar-refractivity contribution in [3.63, 3.8) is 0 Å². The quantitative estimate of drug-likeness (QED) is 0.830. The van der Waals surface area contributed by atoms with Crippen LogP contribution in [0.3, 0.4) is 0 Å². The minimum absolute atomic E-state index is 1.01. The second-order valence-corrected chi connectivity index (χ2v) is 5.77. The summed E-state index contributed by atoms with van der Waals surface area (Å²) in [5, 5.41) is 0. The predicted octanol–water partition coefficient (Wildman–Crippen LogP) is 3.47. The molecule has 108 valence electrons. The minimum atomic E-state index is 1.01. The van der Waals surface area contributed by atoms with E-state index in [1.807, 2.05) is 0 Å². The van der Waals surface area contributed by atoms with Crippen molar-refractivity contribution in [3.8, 4) is 0 Å². The Balaban J connectivity index is 1.64. The van der Waals surface area contributed by atoms with Crippen LogP contribution in [0.5, 0.6) is 0 Å². The summed E-state index contributed by atoms with van der Waals surface area (Å²) in [5.74, 6) is 1.26. The Bertz CT molecular complexity index is 552. The van der Waals surface area contributed by atoms with Crippen LogP contribution in [0.4, 0.5) is 0 Å². The van der Waals surface area contributed by atoms with Crippen molar-refractivity contribution in [2.24, 2.45) is 0 Å². The van der Waals surface area contributed by atoms with Crippen LogP contribution in [0.2, 0.25) is 0 Å². The molecule has 1 saturated heterocycles. The molecule has 3 nitrogen and oxygen atoms in total. The van der Waals surface area contributed by atoms with Gasteiger partial charge in [0.25, 0.3) is 0 Å². The van der Waals surface area contributed by atoms with Gasteiger partial charge in [0.2, 0.25) is 0 Å². The van der Waals surface area contributed by atoms with Crippen LogP contribution in [0.25, 0.3) is 11.0 Å². The highest BCUT2D eigenvalue weighted by atomic mass is 15.1. The molecule has 0 saturated carbocycles. The van der Waals surface area contributed by atoms with Crippen LogP contribution in [0.1, 0.15) is 38.4 Å². The van der Waals surface area contributed by atoms with Gasteiger partial charge in [0.05, 0.1) is 11.0 Å². The van der Waals surface area contributed by atoms with Gasteiger partial charge in [-0.25, -0.2) is 4.98 Å². The van der Waals surface area contributed by atoms with Crippen LogP contribution >= 0.6 is 0 Å². The minimum Gasteiger partial charge on any atom is -0.328 e. The van der Waals surface area contributed by atoms with Crippen molar-refractivity contribution in [3.05, 3.63) is 30.1 Å². The van der Waals surface area contributed by atoms with Gasteiger partial charge in [-0.3, -0.25) is 0 Å². The molecule has 0 N–H and O–H groups in total. The Morgan fingerprint density at radius 3 is 2.70 bits per heavy atom. The van der Waals surface area contributed by atoms with Crippen LogP contribution in [-0.2, 0) is 13.0 Å². The molecule has 2 aromatic rings. The Hall–Kier alpha value is -1.35. The van der Waals surface area contributed by atoms with Gasteiger partial charge in [-0.15, -0.1) is 0 Å². The summed E-state index contributed by atoms with van der Waals surface area (Å²) in [7, 11) is 0. The molecule has 20 heavy (non-hydrogen) atoms. The number of nitrogens with zero attached hydrogens (tertiary/aromatic N) is 3. The first-order valence-electron chi connectivity index (χ1n) is 8.05. The second-order valence-electron chi connectivity index (χ2n) is 5.77. The molecule has 1 aromatic carbocycles. The lowest BCUT2D eigenvalue weighted by Crippen LogP contribution is -2.30. The SMILES string of the molecule is CCn1c(CCCN2CCCCC2)nc2ccccc21. The van der Waals surface area contributed by atoms with Gasteiger partial charge in [-0.1, -0.05) is 18.6 Å². The molecule has 0 unspecified atom stereocenters. The highest BCUT2D eigenvalue weighted by Crippen LogP contribution is 2.17.